The van der Waals surface area contributed by atoms with E-state index in [9.17, 15) is 9.59 Å². The number of rotatable bonds is 8. The number of ether oxygens (including phenoxy) is 1. The van der Waals surface area contributed by atoms with Gasteiger partial charge in [0.05, 0.1) is 0 Å². The number of aromatic nitrogens is 2. The van der Waals surface area contributed by atoms with Crippen molar-refractivity contribution in [1.29, 1.82) is 0 Å². The van der Waals surface area contributed by atoms with Gasteiger partial charge in [-0.15, -0.1) is 0 Å². The normalized spacial score (nSPS) is 10.6. The van der Waals surface area contributed by atoms with Gasteiger partial charge >= 0.3 is 5.97 Å². The summed E-state index contributed by atoms with van der Waals surface area (Å²) in [5.41, 5.74) is 2.21. The molecule has 132 valence electrons. The van der Waals surface area contributed by atoms with Crippen molar-refractivity contribution in [2.75, 3.05) is 6.61 Å². The van der Waals surface area contributed by atoms with Crippen molar-refractivity contribution in [3.8, 4) is 11.1 Å². The number of hydrogen-bond acceptors (Lipinski definition) is 3. The third kappa shape index (κ3) is 4.42. The standard InChI is InChI=1S/C20H19N2O4/c23-15-26-12-11-21-7-3-16(4-8-21)17-1-2-19-14-22(10-6-20(24)25)9-5-18(19)13-17/h1-5,7-9,13-15H,6,10-12H2/q+1/p+1. The van der Waals surface area contributed by atoms with Crippen LogP contribution in [0, 0.1) is 0 Å². The van der Waals surface area contributed by atoms with E-state index >= 15 is 0 Å². The molecule has 3 rings (SSSR count). The molecule has 0 aliphatic rings. The second-order valence-electron chi connectivity index (χ2n) is 5.96. The highest BCUT2D eigenvalue weighted by molar-refractivity contribution is 5.85. The van der Waals surface area contributed by atoms with Gasteiger partial charge in [0.2, 0.25) is 0 Å². The van der Waals surface area contributed by atoms with Gasteiger partial charge in [0.15, 0.2) is 37.9 Å². The maximum atomic E-state index is 10.7. The highest BCUT2D eigenvalue weighted by Crippen LogP contribution is 2.22. The number of aliphatic carboxylic acids is 1. The van der Waals surface area contributed by atoms with Crippen molar-refractivity contribution in [2.24, 2.45) is 0 Å². The summed E-state index contributed by atoms with van der Waals surface area (Å²) in [5, 5.41) is 11.0. The Morgan fingerprint density at radius 3 is 2.46 bits per heavy atom. The minimum absolute atomic E-state index is 0.107. The molecule has 6 nitrogen and oxygen atoms in total. The number of carboxylic acid groups (broad SMARTS) is 1. The van der Waals surface area contributed by atoms with Gasteiger partial charge in [0.25, 0.3) is 6.47 Å². The molecular weight excluding hydrogens is 332 g/mol. The Labute approximate surface area is 150 Å². The summed E-state index contributed by atoms with van der Waals surface area (Å²) in [7, 11) is 0. The van der Waals surface area contributed by atoms with Crippen LogP contribution >= 0.6 is 0 Å². The third-order valence-corrected chi connectivity index (χ3v) is 4.18. The highest BCUT2D eigenvalue weighted by Gasteiger charge is 2.08. The van der Waals surface area contributed by atoms with Gasteiger partial charge in [-0.25, -0.2) is 9.13 Å². The second kappa shape index (κ2) is 8.20. The quantitative estimate of drug-likeness (QED) is 0.381. The maximum absolute atomic E-state index is 10.7. The molecule has 0 radical (unpaired) electrons. The van der Waals surface area contributed by atoms with Gasteiger partial charge in [-0.1, -0.05) is 6.07 Å². The summed E-state index contributed by atoms with van der Waals surface area (Å²) >= 11 is 0. The van der Waals surface area contributed by atoms with E-state index < -0.39 is 5.97 Å². The van der Waals surface area contributed by atoms with Crippen LogP contribution in [0.25, 0.3) is 21.9 Å². The molecule has 0 saturated heterocycles. The number of carboxylic acids is 1. The lowest BCUT2D eigenvalue weighted by Crippen LogP contribution is -2.34. The average molecular weight is 352 g/mol. The molecule has 0 spiro atoms. The van der Waals surface area contributed by atoms with Gasteiger partial charge in [-0.3, -0.25) is 9.59 Å². The van der Waals surface area contributed by atoms with E-state index in [2.05, 4.69) is 12.1 Å². The minimum Gasteiger partial charge on any atom is -0.481 e. The van der Waals surface area contributed by atoms with Crippen molar-refractivity contribution in [3.05, 3.63) is 61.2 Å². The number of nitrogens with zero attached hydrogens (tertiary/aromatic N) is 2. The zero-order chi connectivity index (χ0) is 18.4. The molecule has 0 aliphatic heterocycles. The van der Waals surface area contributed by atoms with Crippen LogP contribution in [0.15, 0.2) is 61.2 Å². The Bertz CT molecular complexity index is 923. The smallest absolute Gasteiger partial charge is 0.309 e. The Balaban J connectivity index is 1.77. The molecule has 0 bridgehead atoms. The Kier molecular flexibility index (Phi) is 5.53. The monoisotopic (exact) mass is 352 g/mol. The summed E-state index contributed by atoms with van der Waals surface area (Å²) in [5.74, 6) is -0.799. The lowest BCUT2D eigenvalue weighted by molar-refractivity contribution is -0.697. The van der Waals surface area contributed by atoms with E-state index in [0.29, 0.717) is 26.2 Å². The number of aryl methyl sites for hydroxylation is 1. The van der Waals surface area contributed by atoms with Gasteiger partial charge in [-0.05, 0) is 28.6 Å². The van der Waals surface area contributed by atoms with Crippen LogP contribution in [0.4, 0.5) is 0 Å². The fourth-order valence-corrected chi connectivity index (χ4v) is 2.78. The fraction of sp³-hybridized carbons (Fsp3) is 0.200. The predicted molar refractivity (Wildman–Crippen MR) is 94.0 cm³/mol. The van der Waals surface area contributed by atoms with Gasteiger partial charge < -0.3 is 9.84 Å². The van der Waals surface area contributed by atoms with E-state index in [0.717, 1.165) is 21.9 Å². The molecule has 0 unspecified atom stereocenters. The van der Waals surface area contributed by atoms with Gasteiger partial charge in [0, 0.05) is 23.6 Å². The van der Waals surface area contributed by atoms with E-state index in [4.69, 9.17) is 9.84 Å². The van der Waals surface area contributed by atoms with Crippen LogP contribution in [0.3, 0.4) is 0 Å². The SMILES string of the molecule is O=COCC[n+]1ccc(-c2ccc3c[n+](CCC(=O)O)ccc3c2)cc1. The van der Waals surface area contributed by atoms with Crippen LogP contribution in [0.2, 0.25) is 0 Å². The van der Waals surface area contributed by atoms with Crippen LogP contribution in [0.1, 0.15) is 6.42 Å². The number of pyridine rings is 2. The average Bonchev–Trinajstić information content (AvgIpc) is 2.66. The molecule has 0 amide bonds. The second-order valence-corrected chi connectivity index (χ2v) is 5.96. The lowest BCUT2D eigenvalue weighted by atomic mass is 10.0. The number of carbonyl (C=O) groups is 2. The largest absolute Gasteiger partial charge is 0.481 e. The van der Waals surface area contributed by atoms with Crippen molar-refractivity contribution >= 4 is 23.2 Å². The lowest BCUT2D eigenvalue weighted by Gasteiger charge is -2.04. The zero-order valence-electron chi connectivity index (χ0n) is 14.2. The van der Waals surface area contributed by atoms with Crippen molar-refractivity contribution in [1.82, 2.24) is 0 Å². The molecule has 1 N–H and O–H groups in total. The summed E-state index contributed by atoms with van der Waals surface area (Å²) in [6.07, 6.45) is 7.89. The fourth-order valence-electron chi connectivity index (χ4n) is 2.78. The Hall–Kier alpha value is -3.28. The first-order valence-corrected chi connectivity index (χ1v) is 8.35. The molecule has 2 aromatic heterocycles. The topological polar surface area (TPSA) is 71.4 Å². The van der Waals surface area contributed by atoms with E-state index in [1.807, 2.05) is 58.2 Å². The van der Waals surface area contributed by atoms with Crippen LogP contribution in [-0.4, -0.2) is 24.2 Å². The van der Waals surface area contributed by atoms with Crippen molar-refractivity contribution < 1.29 is 28.6 Å². The number of benzene rings is 1. The number of hydrogen-bond donors (Lipinski definition) is 1. The molecule has 3 aromatic rings. The molecule has 0 atom stereocenters. The van der Waals surface area contributed by atoms with E-state index in [1.54, 1.807) is 0 Å². The minimum atomic E-state index is -0.799. The zero-order valence-corrected chi connectivity index (χ0v) is 14.2. The molecule has 2 heterocycles. The first-order chi connectivity index (χ1) is 12.7. The number of fused-ring (bicyclic) bond motifs is 1. The molecule has 1 aromatic carbocycles. The van der Waals surface area contributed by atoms with Gasteiger partial charge in [0.1, 0.15) is 13.0 Å². The van der Waals surface area contributed by atoms with Crippen LogP contribution < -0.4 is 9.13 Å². The summed E-state index contributed by atoms with van der Waals surface area (Å²) in [4.78, 5) is 20.9. The van der Waals surface area contributed by atoms with Crippen LogP contribution in [-0.2, 0) is 27.4 Å². The molecular formula is C20H20N2O4+2. The Morgan fingerprint density at radius 2 is 1.73 bits per heavy atom. The highest BCUT2D eigenvalue weighted by atomic mass is 16.5. The van der Waals surface area contributed by atoms with Crippen LogP contribution in [0.5, 0.6) is 0 Å². The molecule has 0 saturated carbocycles. The maximum Gasteiger partial charge on any atom is 0.309 e. The van der Waals surface area contributed by atoms with E-state index in [-0.39, 0.29) is 6.42 Å². The van der Waals surface area contributed by atoms with E-state index in [1.165, 1.54) is 0 Å². The Morgan fingerprint density at radius 1 is 0.962 bits per heavy atom. The van der Waals surface area contributed by atoms with Crippen molar-refractivity contribution in [3.63, 3.8) is 0 Å². The summed E-state index contributed by atoms with van der Waals surface area (Å²) < 4.78 is 8.55. The predicted octanol–water partition coefficient (Wildman–Crippen LogP) is 1.73. The molecule has 26 heavy (non-hydrogen) atoms. The third-order valence-electron chi connectivity index (χ3n) is 4.18. The first kappa shape index (κ1) is 17.5. The van der Waals surface area contributed by atoms with Crippen molar-refractivity contribution in [2.45, 2.75) is 19.5 Å². The summed E-state index contributed by atoms with van der Waals surface area (Å²) in [6, 6.07) is 12.3. The first-order valence-electron chi connectivity index (χ1n) is 8.35. The molecule has 6 heteroatoms. The van der Waals surface area contributed by atoms with Gasteiger partial charge in [-0.2, -0.15) is 0 Å². The molecule has 0 fully saturated rings. The number of carbonyl (C=O) groups excluding carboxylic acids is 1. The summed E-state index contributed by atoms with van der Waals surface area (Å²) in [6.45, 7) is 1.88. The molecule has 0 aliphatic carbocycles.